The molecule has 3 aromatic rings. The molecule has 3 heterocycles. The third kappa shape index (κ3) is 4.32. The molecule has 0 amide bonds. The van der Waals surface area contributed by atoms with Gasteiger partial charge in [-0.25, -0.2) is 9.37 Å². The van der Waals surface area contributed by atoms with Gasteiger partial charge in [0.15, 0.2) is 0 Å². The van der Waals surface area contributed by atoms with E-state index in [1.165, 1.54) is 17.4 Å². The van der Waals surface area contributed by atoms with Crippen LogP contribution >= 0.6 is 11.3 Å². The Labute approximate surface area is 172 Å². The highest BCUT2D eigenvalue weighted by Gasteiger charge is 2.41. The average Bonchev–Trinajstić information content (AvgIpc) is 3.16. The molecule has 1 aliphatic rings. The number of thiazole rings is 1. The molecule has 0 spiro atoms. The summed E-state index contributed by atoms with van der Waals surface area (Å²) in [7, 11) is 0. The van der Waals surface area contributed by atoms with Crippen molar-refractivity contribution in [3.8, 4) is 11.4 Å². The van der Waals surface area contributed by atoms with Crippen LogP contribution in [0, 0.1) is 5.82 Å². The number of aromatic nitrogens is 4. The standard InChI is InChI=1S/C21H22FN5OS/c1-14(28)5-8-19-25-17(12-29-19)16-6-7-18(27-26-16)24-13-21(9-3-10-21)20-15(22)4-2-11-23-20/h2,4,6-7,11-12H,3,5,8-10,13H2,1H3,(H,24,27). The van der Waals surface area contributed by atoms with Crippen LogP contribution < -0.4 is 5.32 Å². The second-order valence-electron chi connectivity index (χ2n) is 7.45. The molecule has 0 aliphatic heterocycles. The molecule has 0 aromatic carbocycles. The van der Waals surface area contributed by atoms with Crippen molar-refractivity contribution in [2.45, 2.75) is 44.4 Å². The first-order valence-electron chi connectivity index (χ1n) is 9.69. The van der Waals surface area contributed by atoms with Crippen LogP contribution in [-0.4, -0.2) is 32.5 Å². The lowest BCUT2D eigenvalue weighted by molar-refractivity contribution is -0.116. The Bertz CT molecular complexity index is 1000. The quantitative estimate of drug-likeness (QED) is 0.599. The van der Waals surface area contributed by atoms with Crippen LogP contribution in [0.5, 0.6) is 0 Å². The molecule has 0 radical (unpaired) electrons. The van der Waals surface area contributed by atoms with Gasteiger partial charge < -0.3 is 10.1 Å². The minimum absolute atomic E-state index is 0.159. The predicted molar refractivity (Wildman–Crippen MR) is 110 cm³/mol. The molecule has 1 N–H and O–H groups in total. The number of rotatable bonds is 8. The number of ketones is 1. The smallest absolute Gasteiger partial charge is 0.148 e. The number of anilines is 1. The van der Waals surface area contributed by atoms with Gasteiger partial charge in [-0.1, -0.05) is 6.42 Å². The Morgan fingerprint density at radius 2 is 2.10 bits per heavy atom. The Balaban J connectivity index is 1.41. The molecule has 150 valence electrons. The van der Waals surface area contributed by atoms with Gasteiger partial charge in [0.05, 0.1) is 10.7 Å². The van der Waals surface area contributed by atoms with E-state index in [1.807, 2.05) is 17.5 Å². The maximum absolute atomic E-state index is 14.2. The number of nitrogens with zero attached hydrogens (tertiary/aromatic N) is 4. The van der Waals surface area contributed by atoms with E-state index >= 15 is 0 Å². The van der Waals surface area contributed by atoms with Gasteiger partial charge in [-0.3, -0.25) is 4.98 Å². The number of carbonyl (C=O) groups excluding carboxylic acids is 1. The lowest BCUT2D eigenvalue weighted by Crippen LogP contribution is -2.42. The molecule has 0 saturated heterocycles. The van der Waals surface area contributed by atoms with Crippen LogP contribution in [0.2, 0.25) is 0 Å². The zero-order chi connectivity index (χ0) is 20.3. The van der Waals surface area contributed by atoms with E-state index in [4.69, 9.17) is 0 Å². The number of hydrogen-bond donors (Lipinski definition) is 1. The fourth-order valence-electron chi connectivity index (χ4n) is 3.53. The van der Waals surface area contributed by atoms with Gasteiger partial charge in [0, 0.05) is 36.4 Å². The van der Waals surface area contributed by atoms with E-state index in [-0.39, 0.29) is 17.0 Å². The van der Waals surface area contributed by atoms with Crippen LogP contribution in [0.1, 0.15) is 43.3 Å². The first-order chi connectivity index (χ1) is 14.1. The van der Waals surface area contributed by atoms with Gasteiger partial charge in [-0.2, -0.15) is 0 Å². The average molecular weight is 412 g/mol. The fraction of sp³-hybridized carbons (Fsp3) is 0.381. The first-order valence-corrected chi connectivity index (χ1v) is 10.6. The van der Waals surface area contributed by atoms with E-state index in [9.17, 15) is 9.18 Å². The van der Waals surface area contributed by atoms with E-state index in [0.717, 1.165) is 30.0 Å². The molecule has 1 fully saturated rings. The van der Waals surface area contributed by atoms with Crippen molar-refractivity contribution in [2.75, 3.05) is 11.9 Å². The number of aryl methyl sites for hydroxylation is 1. The van der Waals surface area contributed by atoms with Crippen LogP contribution in [0.3, 0.4) is 0 Å². The molecule has 1 saturated carbocycles. The normalized spacial score (nSPS) is 15.0. The Morgan fingerprint density at radius 3 is 2.76 bits per heavy atom. The van der Waals surface area contributed by atoms with Gasteiger partial charge in [0.25, 0.3) is 0 Å². The third-order valence-electron chi connectivity index (χ3n) is 5.35. The van der Waals surface area contributed by atoms with Crippen LogP contribution in [0.25, 0.3) is 11.4 Å². The molecular formula is C21H22FN5OS. The summed E-state index contributed by atoms with van der Waals surface area (Å²) in [5, 5.41) is 14.7. The van der Waals surface area contributed by atoms with Gasteiger partial charge in [-0.05, 0) is 44.0 Å². The number of hydrogen-bond acceptors (Lipinski definition) is 7. The molecular weight excluding hydrogens is 389 g/mol. The van der Waals surface area contributed by atoms with Gasteiger partial charge >= 0.3 is 0 Å². The highest BCUT2D eigenvalue weighted by Crippen LogP contribution is 2.43. The molecule has 6 nitrogen and oxygen atoms in total. The summed E-state index contributed by atoms with van der Waals surface area (Å²) in [4.78, 5) is 19.9. The highest BCUT2D eigenvalue weighted by atomic mass is 32.1. The Kier molecular flexibility index (Phi) is 5.62. The summed E-state index contributed by atoms with van der Waals surface area (Å²) >= 11 is 1.52. The number of pyridine rings is 1. The summed E-state index contributed by atoms with van der Waals surface area (Å²) in [5.41, 5.74) is 1.70. The zero-order valence-electron chi connectivity index (χ0n) is 16.2. The zero-order valence-corrected chi connectivity index (χ0v) is 17.0. The Morgan fingerprint density at radius 1 is 1.24 bits per heavy atom. The van der Waals surface area contributed by atoms with Gasteiger partial charge in [0.1, 0.15) is 28.8 Å². The topological polar surface area (TPSA) is 80.7 Å². The summed E-state index contributed by atoms with van der Waals surface area (Å²) in [5.74, 6) is 0.551. The van der Waals surface area contributed by atoms with Crippen molar-refractivity contribution in [3.63, 3.8) is 0 Å². The minimum atomic E-state index is -0.285. The SMILES string of the molecule is CC(=O)CCc1nc(-c2ccc(NCC3(c4ncccc4F)CCC3)nn2)cs1. The molecule has 0 atom stereocenters. The number of Topliss-reactive ketones (excluding diaryl/α,β-unsaturated/α-hetero) is 1. The first kappa shape index (κ1) is 19.6. The summed E-state index contributed by atoms with van der Waals surface area (Å²) < 4.78 is 14.2. The lowest BCUT2D eigenvalue weighted by Gasteiger charge is -2.41. The summed E-state index contributed by atoms with van der Waals surface area (Å²) in [6.45, 7) is 2.16. The molecule has 1 aliphatic carbocycles. The third-order valence-corrected chi connectivity index (χ3v) is 6.26. The maximum atomic E-state index is 14.2. The molecule has 8 heteroatoms. The van der Waals surface area contributed by atoms with Gasteiger partial charge in [-0.15, -0.1) is 21.5 Å². The van der Waals surface area contributed by atoms with Crippen molar-refractivity contribution < 1.29 is 9.18 Å². The van der Waals surface area contributed by atoms with E-state index in [2.05, 4.69) is 25.5 Å². The van der Waals surface area contributed by atoms with Crippen molar-refractivity contribution in [3.05, 3.63) is 52.4 Å². The van der Waals surface area contributed by atoms with Crippen molar-refractivity contribution >= 4 is 22.9 Å². The molecule has 29 heavy (non-hydrogen) atoms. The Hall–Kier alpha value is -2.74. The van der Waals surface area contributed by atoms with Crippen LogP contribution in [0.15, 0.2) is 35.8 Å². The van der Waals surface area contributed by atoms with E-state index in [1.54, 1.807) is 19.2 Å². The number of carbonyl (C=O) groups is 1. The summed E-state index contributed by atoms with van der Waals surface area (Å²) in [6.07, 6.45) is 5.67. The highest BCUT2D eigenvalue weighted by molar-refractivity contribution is 7.09. The molecule has 0 unspecified atom stereocenters. The molecule has 4 rings (SSSR count). The van der Waals surface area contributed by atoms with Crippen LogP contribution in [0.4, 0.5) is 10.2 Å². The second-order valence-corrected chi connectivity index (χ2v) is 8.40. The predicted octanol–water partition coefficient (Wildman–Crippen LogP) is 4.19. The van der Waals surface area contributed by atoms with Crippen molar-refractivity contribution in [1.29, 1.82) is 0 Å². The minimum Gasteiger partial charge on any atom is -0.368 e. The molecule has 0 bridgehead atoms. The summed E-state index contributed by atoms with van der Waals surface area (Å²) in [6, 6.07) is 6.81. The largest absolute Gasteiger partial charge is 0.368 e. The van der Waals surface area contributed by atoms with E-state index in [0.29, 0.717) is 36.6 Å². The number of nitrogens with one attached hydrogen (secondary N) is 1. The second kappa shape index (κ2) is 8.32. The molecule has 3 aromatic heterocycles. The number of halogens is 1. The van der Waals surface area contributed by atoms with Crippen molar-refractivity contribution in [2.24, 2.45) is 0 Å². The van der Waals surface area contributed by atoms with Crippen molar-refractivity contribution in [1.82, 2.24) is 20.2 Å². The fourth-order valence-corrected chi connectivity index (χ4v) is 4.32. The van der Waals surface area contributed by atoms with Gasteiger partial charge in [0.2, 0.25) is 0 Å². The lowest BCUT2D eigenvalue weighted by atomic mass is 9.66. The maximum Gasteiger partial charge on any atom is 0.148 e. The monoisotopic (exact) mass is 411 g/mol. The van der Waals surface area contributed by atoms with Crippen LogP contribution in [-0.2, 0) is 16.6 Å². The van der Waals surface area contributed by atoms with E-state index < -0.39 is 0 Å².